The summed E-state index contributed by atoms with van der Waals surface area (Å²) in [5.41, 5.74) is 1.73. The molecule has 98 valence electrons. The third kappa shape index (κ3) is 3.00. The van der Waals surface area contributed by atoms with Crippen LogP contribution in [0.5, 0.6) is 5.75 Å². The van der Waals surface area contributed by atoms with Gasteiger partial charge in [0.15, 0.2) is 0 Å². The molecule has 1 fully saturated rings. The van der Waals surface area contributed by atoms with Gasteiger partial charge in [0.05, 0.1) is 25.1 Å². The molecule has 0 aliphatic carbocycles. The molecule has 2 rings (SSSR count). The molecule has 0 aromatic heterocycles. The Labute approximate surface area is 106 Å². The van der Waals surface area contributed by atoms with Gasteiger partial charge in [0.1, 0.15) is 5.75 Å². The molecule has 0 radical (unpaired) electrons. The van der Waals surface area contributed by atoms with E-state index in [9.17, 15) is 4.79 Å². The van der Waals surface area contributed by atoms with Crippen LogP contribution in [-0.4, -0.2) is 25.8 Å². The SMILES string of the molecule is CCOc1ccc(C2CNCO2)cc1NC(C)=O. The lowest BCUT2D eigenvalue weighted by Crippen LogP contribution is -2.10. The zero-order valence-corrected chi connectivity index (χ0v) is 10.7. The molecule has 5 nitrogen and oxygen atoms in total. The predicted molar refractivity (Wildman–Crippen MR) is 68.6 cm³/mol. The second-order valence-corrected chi connectivity index (χ2v) is 4.12. The first kappa shape index (κ1) is 12.9. The number of amides is 1. The fourth-order valence-corrected chi connectivity index (χ4v) is 1.94. The highest BCUT2D eigenvalue weighted by molar-refractivity contribution is 5.90. The van der Waals surface area contributed by atoms with Crippen LogP contribution in [0.25, 0.3) is 0 Å². The number of nitrogens with one attached hydrogen (secondary N) is 2. The summed E-state index contributed by atoms with van der Waals surface area (Å²) in [7, 11) is 0. The van der Waals surface area contributed by atoms with E-state index in [1.54, 1.807) is 0 Å². The van der Waals surface area contributed by atoms with Crippen molar-refractivity contribution in [1.82, 2.24) is 5.32 Å². The molecular weight excluding hydrogens is 232 g/mol. The van der Waals surface area contributed by atoms with Crippen LogP contribution in [0.1, 0.15) is 25.5 Å². The van der Waals surface area contributed by atoms with E-state index in [0.717, 1.165) is 12.1 Å². The van der Waals surface area contributed by atoms with E-state index >= 15 is 0 Å². The fraction of sp³-hybridized carbons (Fsp3) is 0.462. The molecule has 18 heavy (non-hydrogen) atoms. The lowest BCUT2D eigenvalue weighted by atomic mass is 10.1. The predicted octanol–water partition coefficient (Wildman–Crippen LogP) is 1.66. The van der Waals surface area contributed by atoms with E-state index in [0.29, 0.717) is 24.8 Å². The molecule has 1 amide bonds. The van der Waals surface area contributed by atoms with Gasteiger partial charge in [-0.15, -0.1) is 0 Å². The van der Waals surface area contributed by atoms with Crippen LogP contribution in [0.4, 0.5) is 5.69 Å². The van der Waals surface area contributed by atoms with Crippen LogP contribution in [0.3, 0.4) is 0 Å². The number of benzene rings is 1. The summed E-state index contributed by atoms with van der Waals surface area (Å²) in [6.07, 6.45) is 0.0354. The van der Waals surface area contributed by atoms with Crippen LogP contribution in [0.2, 0.25) is 0 Å². The van der Waals surface area contributed by atoms with Crippen LogP contribution in [0, 0.1) is 0 Å². The molecule has 2 N–H and O–H groups in total. The maximum Gasteiger partial charge on any atom is 0.221 e. The Morgan fingerprint density at radius 2 is 2.44 bits per heavy atom. The van der Waals surface area contributed by atoms with Crippen molar-refractivity contribution in [2.24, 2.45) is 0 Å². The number of carbonyl (C=O) groups is 1. The summed E-state index contributed by atoms with van der Waals surface area (Å²) in [4.78, 5) is 11.2. The fourth-order valence-electron chi connectivity index (χ4n) is 1.94. The van der Waals surface area contributed by atoms with Crippen molar-refractivity contribution in [1.29, 1.82) is 0 Å². The molecule has 1 aliphatic rings. The third-order valence-corrected chi connectivity index (χ3v) is 2.70. The first-order valence-electron chi connectivity index (χ1n) is 6.07. The van der Waals surface area contributed by atoms with Gasteiger partial charge < -0.3 is 14.8 Å². The summed E-state index contributed by atoms with van der Waals surface area (Å²) in [6, 6.07) is 5.74. The summed E-state index contributed by atoms with van der Waals surface area (Å²) in [5, 5.41) is 5.91. The van der Waals surface area contributed by atoms with Crippen molar-refractivity contribution in [3.63, 3.8) is 0 Å². The molecule has 1 atom stereocenters. The van der Waals surface area contributed by atoms with Gasteiger partial charge in [-0.25, -0.2) is 0 Å². The Kier molecular flexibility index (Phi) is 4.17. The quantitative estimate of drug-likeness (QED) is 0.853. The van der Waals surface area contributed by atoms with Crippen LogP contribution >= 0.6 is 0 Å². The largest absolute Gasteiger partial charge is 0.492 e. The van der Waals surface area contributed by atoms with Crippen molar-refractivity contribution in [2.45, 2.75) is 20.0 Å². The number of ether oxygens (including phenoxy) is 2. The van der Waals surface area contributed by atoms with Gasteiger partial charge in [0.2, 0.25) is 5.91 Å². The van der Waals surface area contributed by atoms with Gasteiger partial charge in [0.25, 0.3) is 0 Å². The molecule has 1 aromatic carbocycles. The molecule has 0 saturated carbocycles. The molecule has 1 aliphatic heterocycles. The van der Waals surface area contributed by atoms with Gasteiger partial charge in [-0.1, -0.05) is 6.07 Å². The maximum atomic E-state index is 11.2. The Balaban J connectivity index is 2.25. The van der Waals surface area contributed by atoms with E-state index in [4.69, 9.17) is 9.47 Å². The number of anilines is 1. The molecule has 5 heteroatoms. The Morgan fingerprint density at radius 3 is 3.06 bits per heavy atom. The Bertz CT molecular complexity index is 428. The summed E-state index contributed by atoms with van der Waals surface area (Å²) >= 11 is 0. The lowest BCUT2D eigenvalue weighted by Gasteiger charge is -2.15. The van der Waals surface area contributed by atoms with Gasteiger partial charge >= 0.3 is 0 Å². The van der Waals surface area contributed by atoms with Crippen molar-refractivity contribution < 1.29 is 14.3 Å². The monoisotopic (exact) mass is 250 g/mol. The van der Waals surface area contributed by atoms with Gasteiger partial charge in [-0.05, 0) is 24.6 Å². The first-order chi connectivity index (χ1) is 8.70. The molecular formula is C13H18N2O3. The van der Waals surface area contributed by atoms with Crippen molar-refractivity contribution in [2.75, 3.05) is 25.2 Å². The number of hydrogen-bond donors (Lipinski definition) is 2. The minimum absolute atomic E-state index is 0.0354. The van der Waals surface area contributed by atoms with E-state index < -0.39 is 0 Å². The van der Waals surface area contributed by atoms with E-state index in [1.807, 2.05) is 25.1 Å². The van der Waals surface area contributed by atoms with Crippen LogP contribution < -0.4 is 15.4 Å². The molecule has 1 heterocycles. The molecule has 1 aromatic rings. The van der Waals surface area contributed by atoms with Gasteiger partial charge in [-0.3, -0.25) is 10.1 Å². The topological polar surface area (TPSA) is 59.6 Å². The second kappa shape index (κ2) is 5.84. The highest BCUT2D eigenvalue weighted by Gasteiger charge is 2.18. The van der Waals surface area contributed by atoms with Crippen LogP contribution in [-0.2, 0) is 9.53 Å². The first-order valence-corrected chi connectivity index (χ1v) is 6.07. The molecule has 0 bridgehead atoms. The Morgan fingerprint density at radius 1 is 1.61 bits per heavy atom. The van der Waals surface area contributed by atoms with E-state index in [2.05, 4.69) is 10.6 Å². The highest BCUT2D eigenvalue weighted by Crippen LogP contribution is 2.30. The lowest BCUT2D eigenvalue weighted by molar-refractivity contribution is -0.114. The summed E-state index contributed by atoms with van der Waals surface area (Å²) < 4.78 is 11.0. The molecule has 1 saturated heterocycles. The minimum atomic E-state index is -0.112. The Hall–Kier alpha value is -1.59. The minimum Gasteiger partial charge on any atom is -0.492 e. The van der Waals surface area contributed by atoms with Crippen molar-refractivity contribution in [3.05, 3.63) is 23.8 Å². The smallest absolute Gasteiger partial charge is 0.221 e. The molecule has 1 unspecified atom stereocenters. The second-order valence-electron chi connectivity index (χ2n) is 4.12. The third-order valence-electron chi connectivity index (χ3n) is 2.70. The van der Waals surface area contributed by atoms with Gasteiger partial charge in [-0.2, -0.15) is 0 Å². The maximum absolute atomic E-state index is 11.2. The van der Waals surface area contributed by atoms with Crippen LogP contribution in [0.15, 0.2) is 18.2 Å². The summed E-state index contributed by atoms with van der Waals surface area (Å²) in [5.74, 6) is 0.570. The zero-order valence-electron chi connectivity index (χ0n) is 10.7. The normalized spacial score (nSPS) is 18.7. The average Bonchev–Trinajstić information content (AvgIpc) is 2.84. The van der Waals surface area contributed by atoms with E-state index in [1.165, 1.54) is 6.92 Å². The summed E-state index contributed by atoms with van der Waals surface area (Å²) in [6.45, 7) is 5.31. The van der Waals surface area contributed by atoms with E-state index in [-0.39, 0.29) is 12.0 Å². The number of hydrogen-bond acceptors (Lipinski definition) is 4. The number of rotatable bonds is 4. The standard InChI is InChI=1S/C13H18N2O3/c1-3-17-12-5-4-10(13-7-14-8-18-13)6-11(12)15-9(2)16/h4-6,13-14H,3,7-8H2,1-2H3,(H,15,16). The number of carbonyl (C=O) groups excluding carboxylic acids is 1. The van der Waals surface area contributed by atoms with Crippen molar-refractivity contribution >= 4 is 11.6 Å². The highest BCUT2D eigenvalue weighted by atomic mass is 16.5. The average molecular weight is 250 g/mol. The molecule has 0 spiro atoms. The zero-order chi connectivity index (χ0) is 13.0. The van der Waals surface area contributed by atoms with Crippen molar-refractivity contribution in [3.8, 4) is 5.75 Å². The van der Waals surface area contributed by atoms with Gasteiger partial charge in [0, 0.05) is 13.5 Å².